The van der Waals surface area contributed by atoms with Crippen LogP contribution >= 0.6 is 11.3 Å². The van der Waals surface area contributed by atoms with Crippen LogP contribution in [-0.2, 0) is 16.0 Å². The second-order valence-electron chi connectivity index (χ2n) is 5.84. The molecule has 10 heteroatoms. The van der Waals surface area contributed by atoms with Crippen molar-refractivity contribution >= 4 is 77.9 Å². The number of amides is 3. The van der Waals surface area contributed by atoms with Gasteiger partial charge in [0.2, 0.25) is 0 Å². The number of imide groups is 1. The van der Waals surface area contributed by atoms with Crippen LogP contribution in [0.5, 0.6) is 0 Å². The van der Waals surface area contributed by atoms with Crippen molar-refractivity contribution in [2.45, 2.75) is 26.7 Å². The minimum absolute atomic E-state index is 0. The molecule has 122 valence electrons. The molecule has 0 aromatic carbocycles. The predicted molar refractivity (Wildman–Crippen MR) is 86.5 cm³/mol. The van der Waals surface area contributed by atoms with Crippen molar-refractivity contribution in [2.24, 2.45) is 5.41 Å². The number of aromatic nitrogens is 1. The maximum absolute atomic E-state index is 12.0. The summed E-state index contributed by atoms with van der Waals surface area (Å²) < 4.78 is 0. The first-order chi connectivity index (χ1) is 10.1. The average Bonchev–Trinajstić information content (AvgIpc) is 2.77. The molecular weight excluding hydrogens is 350 g/mol. The Hall–Kier alpha value is -1.03. The van der Waals surface area contributed by atoms with Crippen molar-refractivity contribution < 1.29 is 24.3 Å². The molecule has 1 heterocycles. The van der Waals surface area contributed by atoms with Crippen molar-refractivity contribution in [3.8, 4) is 0 Å². The molecule has 8 nitrogen and oxygen atoms in total. The number of nitrogens with zero attached hydrogens (tertiary/aromatic N) is 2. The molecule has 2 rings (SSSR count). The van der Waals surface area contributed by atoms with Crippen molar-refractivity contribution in [2.75, 3.05) is 12.4 Å². The first-order valence-electron chi connectivity index (χ1n) is 6.45. The third kappa shape index (κ3) is 4.50. The topological polar surface area (TPSA) is 117 Å². The number of rotatable bonds is 1. The molecule has 0 radical (unpaired) electrons. The van der Waals surface area contributed by atoms with E-state index in [1.54, 1.807) is 0 Å². The van der Waals surface area contributed by atoms with Gasteiger partial charge in [-0.3, -0.25) is 19.8 Å². The summed E-state index contributed by atoms with van der Waals surface area (Å²) in [7, 11) is 1.05. The Labute approximate surface area is 166 Å². The molecule has 1 aliphatic rings. The van der Waals surface area contributed by atoms with Gasteiger partial charge in [-0.15, -0.1) is 0 Å². The van der Waals surface area contributed by atoms with Crippen molar-refractivity contribution in [3.05, 3.63) is 10.6 Å². The Bertz CT molecular complexity index is 685. The second kappa shape index (κ2) is 7.25. The molecule has 1 aromatic rings. The summed E-state index contributed by atoms with van der Waals surface area (Å²) in [5.41, 5.74) is 0.434. The van der Waals surface area contributed by atoms with Crippen LogP contribution < -0.4 is 5.32 Å². The summed E-state index contributed by atoms with van der Waals surface area (Å²) in [5.74, 6) is -3.11. The first-order valence-corrected chi connectivity index (χ1v) is 7.27. The quantitative estimate of drug-likeness (QED) is 0.550. The SMILES string of the molecule is CN(C(=O)Nc1nc2c(s1)C(=O)CC(C)(C)C2)C(=O)C(=O)O.[CaH2]. The first kappa shape index (κ1) is 20.0. The summed E-state index contributed by atoms with van der Waals surface area (Å²) in [6.45, 7) is 3.93. The monoisotopic (exact) mass is 367 g/mol. The summed E-state index contributed by atoms with van der Waals surface area (Å²) in [4.78, 5) is 50.7. The minimum atomic E-state index is -1.73. The van der Waals surface area contributed by atoms with E-state index in [9.17, 15) is 19.2 Å². The number of fused-ring (bicyclic) bond motifs is 1. The fraction of sp³-hybridized carbons (Fsp3) is 0.462. The Balaban J connectivity index is 0.00000264. The number of likely N-dealkylation sites (N-methyl/N-ethyl adjacent to an activating group) is 1. The van der Waals surface area contributed by atoms with E-state index in [2.05, 4.69) is 10.3 Å². The Morgan fingerprint density at radius 3 is 2.48 bits per heavy atom. The van der Waals surface area contributed by atoms with Crippen LogP contribution in [0.1, 0.15) is 35.6 Å². The standard InChI is InChI=1S/C13H15N3O5S.Ca.2H/c1-13(2)4-6-8(7(17)5-13)22-11(14-6)15-12(21)16(3)9(18)10(19)20;;;/h4-5H2,1-3H3,(H,19,20)(H,14,15,21);;;. The van der Waals surface area contributed by atoms with Gasteiger partial charge in [-0.2, -0.15) is 0 Å². The van der Waals surface area contributed by atoms with E-state index in [0.717, 1.165) is 18.4 Å². The van der Waals surface area contributed by atoms with E-state index in [0.29, 0.717) is 28.3 Å². The summed E-state index contributed by atoms with van der Waals surface area (Å²) in [6.07, 6.45) is 1.03. The van der Waals surface area contributed by atoms with Crippen LogP contribution in [0.2, 0.25) is 0 Å². The Morgan fingerprint density at radius 2 is 1.91 bits per heavy atom. The third-order valence-electron chi connectivity index (χ3n) is 3.24. The van der Waals surface area contributed by atoms with Gasteiger partial charge in [0.25, 0.3) is 0 Å². The Morgan fingerprint density at radius 1 is 1.30 bits per heavy atom. The number of hydrogen-bond donors (Lipinski definition) is 2. The normalized spacial score (nSPS) is 15.2. The van der Waals surface area contributed by atoms with Crippen LogP contribution in [0.4, 0.5) is 9.93 Å². The molecule has 0 spiro atoms. The van der Waals surface area contributed by atoms with Gasteiger partial charge < -0.3 is 5.11 Å². The molecular formula is C13H17CaN3O5S. The number of carbonyl (C=O) groups is 4. The molecule has 1 aliphatic carbocycles. The molecule has 0 unspecified atom stereocenters. The van der Waals surface area contributed by atoms with Crippen molar-refractivity contribution in [1.82, 2.24) is 9.88 Å². The summed E-state index contributed by atoms with van der Waals surface area (Å²) >= 11 is 1.03. The molecule has 0 aliphatic heterocycles. The second-order valence-corrected chi connectivity index (χ2v) is 6.83. The van der Waals surface area contributed by atoms with Gasteiger partial charge in [-0.25, -0.2) is 14.6 Å². The van der Waals surface area contributed by atoms with Crippen LogP contribution in [0.25, 0.3) is 0 Å². The number of ketones is 1. The van der Waals surface area contributed by atoms with E-state index in [-0.39, 0.29) is 54.1 Å². The van der Waals surface area contributed by atoms with Crippen molar-refractivity contribution in [1.29, 1.82) is 0 Å². The Kier molecular flexibility index (Phi) is 6.31. The zero-order valence-corrected chi connectivity index (χ0v) is 13.1. The number of thiazole rings is 1. The van der Waals surface area contributed by atoms with Crippen LogP contribution in [0.15, 0.2) is 0 Å². The predicted octanol–water partition coefficient (Wildman–Crippen LogP) is 0.457. The maximum atomic E-state index is 12.0. The summed E-state index contributed by atoms with van der Waals surface area (Å²) in [6, 6.07) is -0.912. The molecule has 2 N–H and O–H groups in total. The molecule has 0 atom stereocenters. The van der Waals surface area contributed by atoms with E-state index < -0.39 is 17.9 Å². The van der Waals surface area contributed by atoms with Gasteiger partial charge in [0.15, 0.2) is 10.9 Å². The number of carboxylic acid groups (broad SMARTS) is 1. The van der Waals surface area contributed by atoms with Crippen LogP contribution in [-0.4, -0.2) is 83.5 Å². The number of Topliss-reactive ketones (excluding diaryl/α,β-unsaturated/α-hetero) is 1. The fourth-order valence-corrected chi connectivity index (χ4v) is 3.09. The van der Waals surface area contributed by atoms with E-state index in [4.69, 9.17) is 5.11 Å². The molecule has 1 aromatic heterocycles. The van der Waals surface area contributed by atoms with Gasteiger partial charge in [-0.1, -0.05) is 25.2 Å². The number of urea groups is 1. The van der Waals surface area contributed by atoms with Gasteiger partial charge in [-0.05, 0) is 11.8 Å². The molecule has 3 amide bonds. The zero-order valence-electron chi connectivity index (χ0n) is 12.3. The molecule has 0 fully saturated rings. The van der Waals surface area contributed by atoms with Gasteiger partial charge >= 0.3 is 55.6 Å². The van der Waals surface area contributed by atoms with E-state index in [1.165, 1.54) is 0 Å². The number of carbonyl (C=O) groups excluding carboxylic acids is 3. The van der Waals surface area contributed by atoms with Gasteiger partial charge in [0, 0.05) is 13.5 Å². The molecule has 23 heavy (non-hydrogen) atoms. The summed E-state index contributed by atoms with van der Waals surface area (Å²) in [5, 5.41) is 11.1. The van der Waals surface area contributed by atoms with Crippen LogP contribution in [0, 0.1) is 5.41 Å². The molecule has 0 bridgehead atoms. The number of aliphatic carboxylic acids is 1. The number of carboxylic acids is 1. The van der Waals surface area contributed by atoms with Crippen molar-refractivity contribution in [3.63, 3.8) is 0 Å². The number of nitrogens with one attached hydrogen (secondary N) is 1. The third-order valence-corrected chi connectivity index (χ3v) is 4.30. The fourth-order valence-electron chi connectivity index (χ4n) is 2.18. The molecule has 0 saturated heterocycles. The average molecular weight is 367 g/mol. The number of anilines is 1. The number of hydrogen-bond acceptors (Lipinski definition) is 6. The zero-order chi connectivity index (χ0) is 16.7. The van der Waals surface area contributed by atoms with E-state index >= 15 is 0 Å². The molecule has 0 saturated carbocycles. The van der Waals surface area contributed by atoms with Gasteiger partial charge in [0.1, 0.15) is 0 Å². The van der Waals surface area contributed by atoms with Gasteiger partial charge in [0.05, 0.1) is 10.6 Å². The van der Waals surface area contributed by atoms with E-state index in [1.807, 2.05) is 13.8 Å². The van der Waals surface area contributed by atoms with Crippen LogP contribution in [0.3, 0.4) is 0 Å².